The first kappa shape index (κ1) is 27.4. The van der Waals surface area contributed by atoms with Crippen LogP contribution in [0.2, 0.25) is 0 Å². The molecule has 4 rings (SSSR count). The van der Waals surface area contributed by atoms with E-state index in [1.54, 1.807) is 73.8 Å². The molecule has 3 aromatic rings. The van der Waals surface area contributed by atoms with Gasteiger partial charge in [0, 0.05) is 16.8 Å². The zero-order valence-corrected chi connectivity index (χ0v) is 22.5. The zero-order valence-electron chi connectivity index (χ0n) is 22.5. The molecule has 0 aliphatic carbocycles. The molecule has 1 atom stereocenters. The molecule has 8 nitrogen and oxygen atoms in total. The number of ether oxygens (including phenoxy) is 2. The van der Waals surface area contributed by atoms with Crippen molar-refractivity contribution in [2.75, 3.05) is 19.1 Å². The largest absolute Gasteiger partial charge is 0.507 e. The maximum Gasteiger partial charge on any atom is 0.307 e. The van der Waals surface area contributed by atoms with Gasteiger partial charge in [-0.3, -0.25) is 19.3 Å². The molecule has 0 radical (unpaired) electrons. The summed E-state index contributed by atoms with van der Waals surface area (Å²) in [7, 11) is 3.11. The van der Waals surface area contributed by atoms with Crippen molar-refractivity contribution in [2.24, 2.45) is 0 Å². The van der Waals surface area contributed by atoms with Gasteiger partial charge >= 0.3 is 5.97 Å². The molecule has 39 heavy (non-hydrogen) atoms. The molecule has 3 aromatic carbocycles. The van der Waals surface area contributed by atoms with E-state index in [2.05, 4.69) is 0 Å². The summed E-state index contributed by atoms with van der Waals surface area (Å²) in [4.78, 5) is 39.4. The lowest BCUT2D eigenvalue weighted by atomic mass is 9.84. The Morgan fingerprint density at radius 3 is 2.08 bits per heavy atom. The molecule has 202 valence electrons. The third-order valence-corrected chi connectivity index (χ3v) is 6.73. The molecule has 1 aliphatic rings. The molecular weight excluding hydrogens is 498 g/mol. The van der Waals surface area contributed by atoms with Crippen molar-refractivity contribution in [3.63, 3.8) is 0 Å². The van der Waals surface area contributed by atoms with Crippen LogP contribution in [0.15, 0.2) is 72.3 Å². The minimum Gasteiger partial charge on any atom is -0.507 e. The average molecular weight is 530 g/mol. The van der Waals surface area contributed by atoms with Gasteiger partial charge in [0.05, 0.1) is 32.3 Å². The summed E-state index contributed by atoms with van der Waals surface area (Å²) >= 11 is 0. The van der Waals surface area contributed by atoms with Gasteiger partial charge in [-0.1, -0.05) is 45.0 Å². The number of carboxylic acids is 1. The Morgan fingerprint density at radius 2 is 1.54 bits per heavy atom. The number of Topliss-reactive ketones (excluding diaryl/α,β-unsaturated/α-hetero) is 1. The van der Waals surface area contributed by atoms with Crippen LogP contribution in [0.25, 0.3) is 5.76 Å². The quantitative estimate of drug-likeness (QED) is 0.244. The number of aliphatic hydroxyl groups excluding tert-OH is 1. The van der Waals surface area contributed by atoms with E-state index in [0.717, 1.165) is 5.56 Å². The van der Waals surface area contributed by atoms with Crippen molar-refractivity contribution >= 4 is 29.1 Å². The summed E-state index contributed by atoms with van der Waals surface area (Å²) in [6, 6.07) is 17.6. The highest BCUT2D eigenvalue weighted by Crippen LogP contribution is 2.43. The number of amides is 1. The maximum absolute atomic E-state index is 13.5. The van der Waals surface area contributed by atoms with Gasteiger partial charge in [-0.05, 0) is 59.0 Å². The van der Waals surface area contributed by atoms with Crippen LogP contribution in [0.1, 0.15) is 49.1 Å². The van der Waals surface area contributed by atoms with Gasteiger partial charge in [0.2, 0.25) is 0 Å². The molecule has 0 saturated carbocycles. The predicted molar refractivity (Wildman–Crippen MR) is 147 cm³/mol. The first-order valence-electron chi connectivity index (χ1n) is 12.4. The molecule has 2 N–H and O–H groups in total. The lowest BCUT2D eigenvalue weighted by Gasteiger charge is -2.26. The summed E-state index contributed by atoms with van der Waals surface area (Å²) in [6.45, 7) is 6.04. The fourth-order valence-electron chi connectivity index (χ4n) is 4.75. The highest BCUT2D eigenvalue weighted by molar-refractivity contribution is 6.51. The molecule has 1 amide bonds. The highest BCUT2D eigenvalue weighted by atomic mass is 16.5. The van der Waals surface area contributed by atoms with Crippen molar-refractivity contribution in [1.82, 2.24) is 0 Å². The van der Waals surface area contributed by atoms with Crippen molar-refractivity contribution < 1.29 is 34.1 Å². The van der Waals surface area contributed by atoms with Crippen LogP contribution in [0, 0.1) is 0 Å². The SMILES string of the molecule is COc1ccc(C2/C(=C(/O)c3ccc(OC)c(C(C)(C)C)c3)C(=O)C(=O)N2c2ccc(CC(=O)O)cc2)cc1. The fraction of sp³-hybridized carbons (Fsp3) is 0.258. The molecule has 1 unspecified atom stereocenters. The van der Waals surface area contributed by atoms with Crippen LogP contribution in [0.5, 0.6) is 11.5 Å². The average Bonchev–Trinajstić information content (AvgIpc) is 3.17. The van der Waals surface area contributed by atoms with E-state index in [9.17, 15) is 19.5 Å². The number of ketones is 1. The van der Waals surface area contributed by atoms with Crippen molar-refractivity contribution in [3.05, 3.63) is 94.6 Å². The van der Waals surface area contributed by atoms with Crippen LogP contribution in [-0.2, 0) is 26.2 Å². The molecular formula is C31H31NO7. The Morgan fingerprint density at radius 1 is 0.897 bits per heavy atom. The van der Waals surface area contributed by atoms with E-state index in [4.69, 9.17) is 14.6 Å². The number of aliphatic hydroxyl groups is 1. The predicted octanol–water partition coefficient (Wildman–Crippen LogP) is 5.25. The van der Waals surface area contributed by atoms with E-state index < -0.39 is 23.7 Å². The Labute approximate surface area is 227 Å². The Balaban J connectivity index is 1.91. The number of carbonyl (C=O) groups excluding carboxylic acids is 2. The Bertz CT molecular complexity index is 1450. The summed E-state index contributed by atoms with van der Waals surface area (Å²) < 4.78 is 10.8. The number of methoxy groups -OCH3 is 2. The standard InChI is InChI=1S/C31H31NO7/c1-31(2,3)23-17-20(10-15-24(23)39-5)28(35)26-27(19-8-13-22(38-4)14-9-19)32(30(37)29(26)36)21-11-6-18(7-12-21)16-25(33)34/h6-15,17,27,35H,16H2,1-5H3,(H,33,34)/b28-26-. The molecule has 1 saturated heterocycles. The Kier molecular flexibility index (Phi) is 7.49. The van der Waals surface area contributed by atoms with Gasteiger partial charge in [0.15, 0.2) is 0 Å². The summed E-state index contributed by atoms with van der Waals surface area (Å²) in [6.07, 6.45) is -0.172. The molecule has 8 heteroatoms. The molecule has 1 heterocycles. The van der Waals surface area contributed by atoms with Crippen LogP contribution in [0.3, 0.4) is 0 Å². The van der Waals surface area contributed by atoms with E-state index in [-0.39, 0.29) is 23.2 Å². The van der Waals surface area contributed by atoms with E-state index in [1.807, 2.05) is 20.8 Å². The van der Waals surface area contributed by atoms with Gasteiger partial charge in [0.1, 0.15) is 17.3 Å². The van der Waals surface area contributed by atoms with Gasteiger partial charge in [0.25, 0.3) is 11.7 Å². The molecule has 1 fully saturated rings. The highest BCUT2D eigenvalue weighted by Gasteiger charge is 2.47. The minimum atomic E-state index is -0.976. The van der Waals surface area contributed by atoms with E-state index >= 15 is 0 Å². The topological polar surface area (TPSA) is 113 Å². The van der Waals surface area contributed by atoms with Crippen LogP contribution >= 0.6 is 0 Å². The lowest BCUT2D eigenvalue weighted by molar-refractivity contribution is -0.136. The number of aliphatic carboxylic acids is 1. The number of hydrogen-bond donors (Lipinski definition) is 2. The number of hydrogen-bond acceptors (Lipinski definition) is 6. The number of anilines is 1. The summed E-state index contributed by atoms with van der Waals surface area (Å²) in [5.74, 6) is -1.65. The minimum absolute atomic E-state index is 0.0511. The van der Waals surface area contributed by atoms with Crippen molar-refractivity contribution in [2.45, 2.75) is 38.6 Å². The zero-order chi connectivity index (χ0) is 28.5. The lowest BCUT2D eigenvalue weighted by Crippen LogP contribution is -2.29. The monoisotopic (exact) mass is 529 g/mol. The first-order valence-corrected chi connectivity index (χ1v) is 12.4. The maximum atomic E-state index is 13.5. The normalized spacial score (nSPS) is 16.8. The van der Waals surface area contributed by atoms with Crippen LogP contribution in [0.4, 0.5) is 5.69 Å². The van der Waals surface area contributed by atoms with Gasteiger partial charge in [-0.25, -0.2) is 0 Å². The number of carbonyl (C=O) groups is 3. The molecule has 0 bridgehead atoms. The smallest absolute Gasteiger partial charge is 0.307 e. The summed E-state index contributed by atoms with van der Waals surface area (Å²) in [5, 5.41) is 20.7. The number of benzene rings is 3. The fourth-order valence-corrected chi connectivity index (χ4v) is 4.75. The molecule has 0 aromatic heterocycles. The van der Waals surface area contributed by atoms with Crippen LogP contribution in [-0.4, -0.2) is 42.1 Å². The number of rotatable bonds is 7. The first-order chi connectivity index (χ1) is 18.5. The van der Waals surface area contributed by atoms with Crippen LogP contribution < -0.4 is 14.4 Å². The second-order valence-corrected chi connectivity index (χ2v) is 10.3. The second-order valence-electron chi connectivity index (χ2n) is 10.3. The number of carboxylic acid groups (broad SMARTS) is 1. The van der Waals surface area contributed by atoms with E-state index in [0.29, 0.717) is 33.9 Å². The van der Waals surface area contributed by atoms with E-state index in [1.165, 1.54) is 12.0 Å². The van der Waals surface area contributed by atoms with Crippen molar-refractivity contribution in [1.29, 1.82) is 0 Å². The van der Waals surface area contributed by atoms with Crippen molar-refractivity contribution in [3.8, 4) is 11.5 Å². The van der Waals surface area contributed by atoms with Gasteiger partial charge in [-0.2, -0.15) is 0 Å². The summed E-state index contributed by atoms with van der Waals surface area (Å²) in [5.41, 5.74) is 2.39. The molecule has 1 aliphatic heterocycles. The molecule has 0 spiro atoms. The second kappa shape index (κ2) is 10.6. The van der Waals surface area contributed by atoms with Gasteiger partial charge < -0.3 is 19.7 Å². The third kappa shape index (κ3) is 5.36. The third-order valence-electron chi connectivity index (χ3n) is 6.73. The Hall–Kier alpha value is -4.59. The van der Waals surface area contributed by atoms with Gasteiger partial charge in [-0.15, -0.1) is 0 Å². The number of nitrogens with zero attached hydrogens (tertiary/aromatic N) is 1.